The van der Waals surface area contributed by atoms with Crippen LogP contribution in [0.4, 0.5) is 4.79 Å². The van der Waals surface area contributed by atoms with Gasteiger partial charge in [-0.15, -0.1) is 6.58 Å². The number of hydrogen-bond acceptors (Lipinski definition) is 3. The van der Waals surface area contributed by atoms with Gasteiger partial charge in [0.25, 0.3) is 0 Å². The van der Waals surface area contributed by atoms with Crippen LogP contribution < -0.4 is 5.32 Å². The van der Waals surface area contributed by atoms with Crippen LogP contribution in [-0.4, -0.2) is 42.3 Å². The quantitative estimate of drug-likeness (QED) is 0.663. The van der Waals surface area contributed by atoms with Crippen LogP contribution in [0.5, 0.6) is 0 Å². The van der Waals surface area contributed by atoms with E-state index in [1.807, 2.05) is 27.7 Å². The molecule has 1 heterocycles. The fourth-order valence-corrected chi connectivity index (χ4v) is 1.42. The average molecular weight is 242 g/mol. The van der Waals surface area contributed by atoms with E-state index in [2.05, 4.69) is 18.8 Å². The van der Waals surface area contributed by atoms with Gasteiger partial charge in [0.2, 0.25) is 0 Å². The lowest BCUT2D eigenvalue weighted by Gasteiger charge is -2.33. The van der Waals surface area contributed by atoms with Crippen LogP contribution in [0.1, 0.15) is 34.6 Å². The molecule has 17 heavy (non-hydrogen) atoms. The number of hydrogen-bond donors (Lipinski definition) is 1. The molecule has 0 aromatic carbocycles. The second-order valence-electron chi connectivity index (χ2n) is 5.19. The maximum atomic E-state index is 11.6. The summed E-state index contributed by atoms with van der Waals surface area (Å²) in [5.74, 6) is 0. The minimum absolute atomic E-state index is 0.203. The van der Waals surface area contributed by atoms with E-state index in [1.165, 1.54) is 0 Å². The summed E-state index contributed by atoms with van der Waals surface area (Å²) in [6.07, 6.45) is 1.55. The summed E-state index contributed by atoms with van der Waals surface area (Å²) in [5.41, 5.74) is -0.398. The highest BCUT2D eigenvalue weighted by molar-refractivity contribution is 5.68. The fourth-order valence-electron chi connectivity index (χ4n) is 1.42. The number of carbonyl (C=O) groups excluding carboxylic acids is 1. The largest absolute Gasteiger partial charge is 0.444 e. The third-order valence-electron chi connectivity index (χ3n) is 2.02. The van der Waals surface area contributed by atoms with Crippen molar-refractivity contribution in [3.8, 4) is 0 Å². The predicted octanol–water partition coefficient (Wildman–Crippen LogP) is 2.41. The number of nitrogens with one attached hydrogen (secondary N) is 1. The number of rotatable bonds is 0. The first-order valence-corrected chi connectivity index (χ1v) is 6.08. The molecule has 1 amide bonds. The molecular formula is C13H26N2O2. The highest BCUT2D eigenvalue weighted by Crippen LogP contribution is 2.11. The van der Waals surface area contributed by atoms with Crippen molar-refractivity contribution in [2.45, 2.75) is 46.3 Å². The van der Waals surface area contributed by atoms with Gasteiger partial charge >= 0.3 is 6.09 Å². The summed E-state index contributed by atoms with van der Waals surface area (Å²) in [6.45, 7) is 15.3. The van der Waals surface area contributed by atoms with Crippen LogP contribution in [0, 0.1) is 0 Å². The van der Waals surface area contributed by atoms with Crippen molar-refractivity contribution in [2.24, 2.45) is 0 Å². The van der Waals surface area contributed by atoms with E-state index in [1.54, 1.807) is 11.0 Å². The Morgan fingerprint density at radius 1 is 1.53 bits per heavy atom. The molecule has 4 heteroatoms. The van der Waals surface area contributed by atoms with Crippen molar-refractivity contribution in [3.05, 3.63) is 12.7 Å². The Kier molecular flexibility index (Phi) is 6.88. The normalized spacial score (nSPS) is 20.1. The Morgan fingerprint density at radius 2 is 2.06 bits per heavy atom. The van der Waals surface area contributed by atoms with Crippen molar-refractivity contribution in [1.82, 2.24) is 10.2 Å². The predicted molar refractivity (Wildman–Crippen MR) is 71.1 cm³/mol. The molecule has 1 saturated heterocycles. The molecule has 1 N–H and O–H groups in total. The lowest BCUT2D eigenvalue weighted by Crippen LogP contribution is -2.52. The highest BCUT2D eigenvalue weighted by atomic mass is 16.6. The molecule has 4 nitrogen and oxygen atoms in total. The summed E-state index contributed by atoms with van der Waals surface area (Å²) >= 11 is 0. The van der Waals surface area contributed by atoms with Gasteiger partial charge in [-0.25, -0.2) is 4.79 Å². The first-order valence-electron chi connectivity index (χ1n) is 6.08. The minimum atomic E-state index is -0.398. The summed E-state index contributed by atoms with van der Waals surface area (Å²) in [7, 11) is 0. The van der Waals surface area contributed by atoms with Crippen LogP contribution >= 0.6 is 0 Å². The van der Waals surface area contributed by atoms with E-state index >= 15 is 0 Å². The van der Waals surface area contributed by atoms with Crippen molar-refractivity contribution in [2.75, 3.05) is 19.6 Å². The van der Waals surface area contributed by atoms with Gasteiger partial charge < -0.3 is 15.0 Å². The van der Waals surface area contributed by atoms with Gasteiger partial charge in [-0.3, -0.25) is 0 Å². The second-order valence-corrected chi connectivity index (χ2v) is 5.19. The molecule has 0 aromatic heterocycles. The van der Waals surface area contributed by atoms with Crippen LogP contribution in [0.25, 0.3) is 0 Å². The average Bonchev–Trinajstić information content (AvgIpc) is 2.16. The van der Waals surface area contributed by atoms with Gasteiger partial charge in [0.15, 0.2) is 0 Å². The van der Waals surface area contributed by atoms with Gasteiger partial charge in [-0.1, -0.05) is 6.08 Å². The third kappa shape index (κ3) is 7.80. The molecule has 0 spiro atoms. The molecule has 1 unspecified atom stereocenters. The Morgan fingerprint density at radius 3 is 2.47 bits per heavy atom. The molecule has 100 valence electrons. The number of ether oxygens (including phenoxy) is 1. The highest BCUT2D eigenvalue weighted by Gasteiger charge is 2.25. The van der Waals surface area contributed by atoms with Crippen LogP contribution in [0.2, 0.25) is 0 Å². The molecule has 0 aliphatic carbocycles. The van der Waals surface area contributed by atoms with Crippen molar-refractivity contribution < 1.29 is 9.53 Å². The number of carbonyl (C=O) groups is 1. The number of piperazine rings is 1. The molecule has 1 aliphatic rings. The molecule has 0 aromatic rings. The molecule has 1 atom stereocenters. The molecule has 0 bridgehead atoms. The van der Waals surface area contributed by atoms with Crippen molar-refractivity contribution >= 4 is 6.09 Å². The van der Waals surface area contributed by atoms with E-state index < -0.39 is 5.60 Å². The van der Waals surface area contributed by atoms with Crippen LogP contribution in [-0.2, 0) is 4.74 Å². The van der Waals surface area contributed by atoms with Gasteiger partial charge in [-0.05, 0) is 34.6 Å². The SMILES string of the molecule is C=CC.CC1CN(C(=O)OC(C)(C)C)CCN1. The second kappa shape index (κ2) is 7.33. The maximum absolute atomic E-state index is 11.6. The Hall–Kier alpha value is -1.03. The van der Waals surface area contributed by atoms with Gasteiger partial charge in [0.05, 0.1) is 0 Å². The summed E-state index contributed by atoms with van der Waals surface area (Å²) in [4.78, 5) is 13.4. The molecule has 1 rings (SSSR count). The lowest BCUT2D eigenvalue weighted by atomic mass is 10.2. The molecule has 0 radical (unpaired) electrons. The summed E-state index contributed by atoms with van der Waals surface area (Å²) < 4.78 is 5.28. The topological polar surface area (TPSA) is 41.6 Å². The molecule has 1 fully saturated rings. The van der Waals surface area contributed by atoms with Gasteiger partial charge in [-0.2, -0.15) is 0 Å². The zero-order chi connectivity index (χ0) is 13.5. The molecule has 0 saturated carbocycles. The van der Waals surface area contributed by atoms with E-state index in [4.69, 9.17) is 4.74 Å². The zero-order valence-electron chi connectivity index (χ0n) is 11.7. The minimum Gasteiger partial charge on any atom is -0.444 e. The third-order valence-corrected chi connectivity index (χ3v) is 2.02. The molecule has 1 aliphatic heterocycles. The van der Waals surface area contributed by atoms with E-state index in [0.717, 1.165) is 19.6 Å². The monoisotopic (exact) mass is 242 g/mol. The maximum Gasteiger partial charge on any atom is 0.410 e. The van der Waals surface area contributed by atoms with Crippen molar-refractivity contribution in [3.63, 3.8) is 0 Å². The standard InChI is InChI=1S/C10H20N2O2.C3H6/c1-8-7-12(6-5-11-8)9(13)14-10(2,3)4;1-3-2/h8,11H,5-7H2,1-4H3;3H,1H2,2H3. The number of nitrogens with zero attached hydrogens (tertiary/aromatic N) is 1. The van der Waals surface area contributed by atoms with Gasteiger partial charge in [0, 0.05) is 25.7 Å². The van der Waals surface area contributed by atoms with Crippen LogP contribution in [0.3, 0.4) is 0 Å². The number of amides is 1. The fraction of sp³-hybridized carbons (Fsp3) is 0.769. The Balaban J connectivity index is 0.000000770. The van der Waals surface area contributed by atoms with Crippen LogP contribution in [0.15, 0.2) is 12.7 Å². The van der Waals surface area contributed by atoms with Gasteiger partial charge in [0.1, 0.15) is 5.60 Å². The Bertz CT molecular complexity index is 246. The zero-order valence-corrected chi connectivity index (χ0v) is 11.7. The first kappa shape index (κ1) is 16.0. The van der Waals surface area contributed by atoms with E-state index in [0.29, 0.717) is 6.04 Å². The van der Waals surface area contributed by atoms with E-state index in [9.17, 15) is 4.79 Å². The lowest BCUT2D eigenvalue weighted by molar-refractivity contribution is 0.0201. The summed E-state index contributed by atoms with van der Waals surface area (Å²) in [6, 6.07) is 0.358. The smallest absolute Gasteiger partial charge is 0.410 e. The van der Waals surface area contributed by atoms with E-state index in [-0.39, 0.29) is 6.09 Å². The van der Waals surface area contributed by atoms with Crippen molar-refractivity contribution in [1.29, 1.82) is 0 Å². The Labute approximate surface area is 105 Å². The molecular weight excluding hydrogens is 216 g/mol. The summed E-state index contributed by atoms with van der Waals surface area (Å²) in [5, 5.41) is 3.28. The first-order chi connectivity index (χ1) is 7.80. The number of allylic oxidation sites excluding steroid dienone is 1.